The molecule has 0 fully saturated rings. The molecule has 0 spiro atoms. The van der Waals surface area contributed by atoms with Gasteiger partial charge in [-0.15, -0.1) is 0 Å². The lowest BCUT2D eigenvalue weighted by Crippen LogP contribution is -2.45. The van der Waals surface area contributed by atoms with E-state index in [1.807, 2.05) is 6.92 Å². The van der Waals surface area contributed by atoms with Crippen LogP contribution in [-0.4, -0.2) is 41.1 Å². The van der Waals surface area contributed by atoms with Crippen LogP contribution >= 0.6 is 11.6 Å². The quantitative estimate of drug-likeness (QED) is 0.314. The van der Waals surface area contributed by atoms with Crippen molar-refractivity contribution in [3.8, 4) is 5.75 Å². The van der Waals surface area contributed by atoms with E-state index in [0.717, 1.165) is 5.56 Å². The van der Waals surface area contributed by atoms with Crippen LogP contribution in [0.4, 0.5) is 0 Å². The van der Waals surface area contributed by atoms with Gasteiger partial charge in [-0.25, -0.2) is 14.6 Å². The average molecular weight is 497 g/mol. The molecule has 2 N–H and O–H groups in total. The summed E-state index contributed by atoms with van der Waals surface area (Å²) in [6.07, 6.45) is 1.87. The van der Waals surface area contributed by atoms with E-state index in [4.69, 9.17) is 21.1 Å². The Labute approximate surface area is 207 Å². The zero-order valence-electron chi connectivity index (χ0n) is 19.2. The monoisotopic (exact) mass is 496 g/mol. The lowest BCUT2D eigenvalue weighted by Gasteiger charge is -2.24. The Morgan fingerprint density at radius 3 is 2.31 bits per heavy atom. The lowest BCUT2D eigenvalue weighted by molar-refractivity contribution is -0.139. The van der Waals surface area contributed by atoms with Gasteiger partial charge in [0.25, 0.3) is 5.91 Å². The van der Waals surface area contributed by atoms with Gasteiger partial charge in [-0.3, -0.25) is 4.79 Å². The first-order valence-corrected chi connectivity index (χ1v) is 11.3. The van der Waals surface area contributed by atoms with Gasteiger partial charge in [-0.1, -0.05) is 42.8 Å². The van der Waals surface area contributed by atoms with Gasteiger partial charge in [0.15, 0.2) is 0 Å². The summed E-state index contributed by atoms with van der Waals surface area (Å²) in [6, 6.07) is 15.5. The fourth-order valence-corrected chi connectivity index (χ4v) is 3.80. The summed E-state index contributed by atoms with van der Waals surface area (Å²) >= 11 is 5.97. The van der Waals surface area contributed by atoms with Crippen molar-refractivity contribution in [1.82, 2.24) is 10.3 Å². The Morgan fingerprint density at radius 1 is 1.06 bits per heavy atom. The van der Waals surface area contributed by atoms with Crippen molar-refractivity contribution < 1.29 is 29.0 Å². The number of methoxy groups -OCH3 is 1. The SMILES string of the molecule is CCC(c1ccc(C(=O)OCc2ccc(OC)cc2)cc1)C(NC(=O)c1cccnc1Cl)C(=O)O. The molecule has 0 saturated carbocycles. The number of carboxylic acid groups (broad SMARTS) is 1. The Kier molecular flexibility index (Phi) is 8.80. The molecule has 3 rings (SSSR count). The smallest absolute Gasteiger partial charge is 0.338 e. The lowest BCUT2D eigenvalue weighted by atomic mass is 9.88. The number of hydrogen-bond acceptors (Lipinski definition) is 6. The van der Waals surface area contributed by atoms with E-state index < -0.39 is 29.8 Å². The molecular weight excluding hydrogens is 472 g/mol. The number of nitrogens with one attached hydrogen (secondary N) is 1. The zero-order valence-corrected chi connectivity index (χ0v) is 20.0. The van der Waals surface area contributed by atoms with Crippen molar-refractivity contribution >= 4 is 29.4 Å². The first-order chi connectivity index (χ1) is 16.8. The van der Waals surface area contributed by atoms with Crippen molar-refractivity contribution in [3.63, 3.8) is 0 Å². The van der Waals surface area contributed by atoms with Crippen molar-refractivity contribution in [2.24, 2.45) is 0 Å². The van der Waals surface area contributed by atoms with Crippen LogP contribution in [0.5, 0.6) is 5.75 Å². The van der Waals surface area contributed by atoms with Crippen LogP contribution in [0.2, 0.25) is 5.15 Å². The maximum Gasteiger partial charge on any atom is 0.338 e. The largest absolute Gasteiger partial charge is 0.497 e. The number of aromatic nitrogens is 1. The second-order valence-corrected chi connectivity index (χ2v) is 8.05. The number of aliphatic carboxylic acids is 1. The minimum absolute atomic E-state index is 0.0142. The van der Waals surface area contributed by atoms with Gasteiger partial charge in [0.05, 0.1) is 18.2 Å². The zero-order chi connectivity index (χ0) is 25.4. The average Bonchev–Trinajstić information content (AvgIpc) is 2.87. The van der Waals surface area contributed by atoms with Crippen LogP contribution in [-0.2, 0) is 16.1 Å². The van der Waals surface area contributed by atoms with Gasteiger partial charge >= 0.3 is 11.9 Å². The molecule has 0 saturated heterocycles. The van der Waals surface area contributed by atoms with Gasteiger partial charge in [0, 0.05) is 12.1 Å². The number of ether oxygens (including phenoxy) is 2. The Hall–Kier alpha value is -3.91. The van der Waals surface area contributed by atoms with Crippen LogP contribution in [0.15, 0.2) is 66.9 Å². The van der Waals surface area contributed by atoms with Crippen LogP contribution < -0.4 is 10.1 Å². The number of pyridine rings is 1. The number of nitrogens with zero attached hydrogens (tertiary/aromatic N) is 1. The molecule has 3 aromatic rings. The molecule has 2 atom stereocenters. The molecule has 0 aliphatic carbocycles. The molecule has 0 radical (unpaired) electrons. The molecule has 0 bridgehead atoms. The molecule has 1 amide bonds. The maximum absolute atomic E-state index is 12.6. The summed E-state index contributed by atoms with van der Waals surface area (Å²) in [7, 11) is 1.57. The molecule has 1 aromatic heterocycles. The third-order valence-electron chi connectivity index (χ3n) is 5.50. The first kappa shape index (κ1) is 25.7. The highest BCUT2D eigenvalue weighted by Gasteiger charge is 2.31. The van der Waals surface area contributed by atoms with Gasteiger partial charge in [0.2, 0.25) is 0 Å². The normalized spacial score (nSPS) is 12.3. The van der Waals surface area contributed by atoms with Crippen LogP contribution in [0.3, 0.4) is 0 Å². The molecule has 2 aromatic carbocycles. The molecule has 8 nitrogen and oxygen atoms in total. The van der Waals surface area contributed by atoms with Crippen molar-refractivity contribution in [2.75, 3.05) is 7.11 Å². The molecule has 182 valence electrons. The topological polar surface area (TPSA) is 115 Å². The Balaban J connectivity index is 1.69. The molecule has 2 unspecified atom stereocenters. The molecule has 9 heteroatoms. The third-order valence-corrected chi connectivity index (χ3v) is 5.80. The highest BCUT2D eigenvalue weighted by atomic mass is 35.5. The summed E-state index contributed by atoms with van der Waals surface area (Å²) in [6.45, 7) is 1.92. The number of amides is 1. The standard InChI is InChI=1S/C26H25ClN2O6/c1-3-20(22(25(31)32)29-24(30)21-5-4-14-28-23(21)27)17-8-10-18(11-9-17)26(33)35-15-16-6-12-19(34-2)13-7-16/h4-14,20,22H,3,15H2,1-2H3,(H,29,30)(H,31,32). The summed E-state index contributed by atoms with van der Waals surface area (Å²) in [5.41, 5.74) is 1.89. The van der Waals surface area contributed by atoms with E-state index >= 15 is 0 Å². The van der Waals surface area contributed by atoms with Crippen molar-refractivity contribution in [2.45, 2.75) is 31.9 Å². The summed E-state index contributed by atoms with van der Waals surface area (Å²) in [4.78, 5) is 41.0. The summed E-state index contributed by atoms with van der Waals surface area (Å²) in [5.74, 6) is -2.16. The number of carbonyl (C=O) groups excluding carboxylic acids is 2. The van der Waals surface area contributed by atoms with E-state index in [1.165, 1.54) is 12.3 Å². The number of esters is 1. The van der Waals surface area contributed by atoms with E-state index in [0.29, 0.717) is 23.3 Å². The Bertz CT molecular complexity index is 1180. The minimum atomic E-state index is -1.21. The first-order valence-electron chi connectivity index (χ1n) is 10.9. The summed E-state index contributed by atoms with van der Waals surface area (Å²) < 4.78 is 10.5. The fraction of sp³-hybridized carbons (Fsp3) is 0.231. The van der Waals surface area contributed by atoms with E-state index in [2.05, 4.69) is 10.3 Å². The summed E-state index contributed by atoms with van der Waals surface area (Å²) in [5, 5.41) is 12.3. The van der Waals surface area contributed by atoms with Crippen molar-refractivity contribution in [1.29, 1.82) is 0 Å². The number of carboxylic acids is 1. The van der Waals surface area contributed by atoms with Gasteiger partial charge in [-0.05, 0) is 53.9 Å². The van der Waals surface area contributed by atoms with Gasteiger partial charge in [0.1, 0.15) is 23.6 Å². The molecule has 1 heterocycles. The fourth-order valence-electron chi connectivity index (χ4n) is 3.59. The highest BCUT2D eigenvalue weighted by Crippen LogP contribution is 2.25. The van der Waals surface area contributed by atoms with Crippen LogP contribution in [0, 0.1) is 0 Å². The number of benzene rings is 2. The maximum atomic E-state index is 12.6. The molecular formula is C26H25ClN2O6. The number of carbonyl (C=O) groups is 3. The van der Waals surface area contributed by atoms with Gasteiger partial charge in [-0.2, -0.15) is 0 Å². The molecule has 0 aliphatic rings. The van der Waals surface area contributed by atoms with Crippen LogP contribution in [0.25, 0.3) is 0 Å². The predicted octanol–water partition coefficient (Wildman–Crippen LogP) is 4.48. The van der Waals surface area contributed by atoms with E-state index in [9.17, 15) is 19.5 Å². The number of hydrogen-bond donors (Lipinski definition) is 2. The second-order valence-electron chi connectivity index (χ2n) is 7.69. The second kappa shape index (κ2) is 12.0. The Morgan fingerprint density at radius 2 is 1.74 bits per heavy atom. The number of rotatable bonds is 10. The van der Waals surface area contributed by atoms with Crippen LogP contribution in [0.1, 0.15) is 51.1 Å². The minimum Gasteiger partial charge on any atom is -0.497 e. The highest BCUT2D eigenvalue weighted by molar-refractivity contribution is 6.32. The predicted molar refractivity (Wildman–Crippen MR) is 130 cm³/mol. The van der Waals surface area contributed by atoms with Gasteiger partial charge < -0.3 is 19.9 Å². The number of halogens is 1. The molecule has 35 heavy (non-hydrogen) atoms. The van der Waals surface area contributed by atoms with Crippen molar-refractivity contribution in [3.05, 3.63) is 94.3 Å². The van der Waals surface area contributed by atoms with E-state index in [-0.39, 0.29) is 17.3 Å². The third kappa shape index (κ3) is 6.58. The van der Waals surface area contributed by atoms with E-state index in [1.54, 1.807) is 61.7 Å². The molecule has 0 aliphatic heterocycles.